The second-order valence-electron chi connectivity index (χ2n) is 11.4. The number of aliphatic hydroxyl groups is 1. The number of benzene rings is 4. The van der Waals surface area contributed by atoms with Gasteiger partial charge in [-0.25, -0.2) is 18.0 Å². The molecule has 236 valence electrons. The van der Waals surface area contributed by atoms with Crippen molar-refractivity contribution in [2.75, 3.05) is 18.5 Å². The molecular formula is C35H33ClF3NO5. The van der Waals surface area contributed by atoms with E-state index >= 15 is 4.39 Å². The molecule has 0 saturated heterocycles. The third-order valence-electron chi connectivity index (χ3n) is 6.66. The zero-order valence-electron chi connectivity index (χ0n) is 25.1. The van der Waals surface area contributed by atoms with Gasteiger partial charge in [0.25, 0.3) is 0 Å². The molecule has 45 heavy (non-hydrogen) atoms. The topological polar surface area (TPSA) is 84.9 Å². The fraction of sp³-hybridized carbons (Fsp3) is 0.257. The van der Waals surface area contributed by atoms with Crippen molar-refractivity contribution >= 4 is 29.0 Å². The molecular weight excluding hydrogens is 607 g/mol. The first-order chi connectivity index (χ1) is 21.3. The fourth-order valence-corrected chi connectivity index (χ4v) is 4.65. The van der Waals surface area contributed by atoms with E-state index in [0.717, 1.165) is 6.07 Å². The molecule has 0 aliphatic carbocycles. The molecule has 0 amide bonds. The molecule has 0 aromatic heterocycles. The van der Waals surface area contributed by atoms with Crippen molar-refractivity contribution in [2.45, 2.75) is 45.8 Å². The van der Waals surface area contributed by atoms with Gasteiger partial charge in [0.05, 0.1) is 12.2 Å². The average molecular weight is 640 g/mol. The molecule has 2 N–H and O–H groups in total. The SMILES string of the molecule is CC(C)(C)OC(=O)c1ccc(CC(=O)Cc2ccc(-c3ccc(F)c(OCc4ccc(Cl)cc4F)c3)cc2F)c(NCCO)c1. The highest BCUT2D eigenvalue weighted by molar-refractivity contribution is 6.30. The maximum Gasteiger partial charge on any atom is 0.338 e. The lowest BCUT2D eigenvalue weighted by molar-refractivity contribution is -0.117. The minimum atomic E-state index is -0.685. The summed E-state index contributed by atoms with van der Waals surface area (Å²) >= 11 is 5.78. The Bertz CT molecular complexity index is 1700. The minimum Gasteiger partial charge on any atom is -0.486 e. The maximum absolute atomic E-state index is 15.2. The molecule has 0 heterocycles. The standard InChI is InChI=1S/C35H33ClF3NO5/c1-35(2,3)45-34(43)25-7-6-24(32(17-25)40-12-13-41)15-28(42)14-23-5-4-21(16-30(23)38)22-9-11-29(37)33(18-22)44-20-26-8-10-27(36)19-31(26)39/h4-11,16-19,40-41H,12-15,20H2,1-3H3. The van der Waals surface area contributed by atoms with Gasteiger partial charge in [0.15, 0.2) is 11.6 Å². The normalized spacial score (nSPS) is 11.3. The van der Waals surface area contributed by atoms with Crippen molar-refractivity contribution in [2.24, 2.45) is 0 Å². The summed E-state index contributed by atoms with van der Waals surface area (Å²) in [7, 11) is 0. The van der Waals surface area contributed by atoms with Crippen molar-refractivity contribution in [1.82, 2.24) is 0 Å². The van der Waals surface area contributed by atoms with Gasteiger partial charge in [0.1, 0.15) is 29.6 Å². The number of Topliss-reactive ketones (excluding diaryl/α,β-unsaturated/α-hetero) is 1. The van der Waals surface area contributed by atoms with E-state index in [1.54, 1.807) is 45.0 Å². The smallest absolute Gasteiger partial charge is 0.338 e. The van der Waals surface area contributed by atoms with Crippen LogP contribution in [-0.2, 0) is 29.0 Å². The molecule has 10 heteroatoms. The number of aliphatic hydroxyl groups excluding tert-OH is 1. The molecule has 0 fully saturated rings. The molecule has 0 saturated carbocycles. The summed E-state index contributed by atoms with van der Waals surface area (Å²) < 4.78 is 54.7. The van der Waals surface area contributed by atoms with E-state index in [1.165, 1.54) is 42.5 Å². The number of anilines is 1. The van der Waals surface area contributed by atoms with Crippen molar-refractivity contribution in [3.63, 3.8) is 0 Å². The van der Waals surface area contributed by atoms with E-state index in [1.807, 2.05) is 0 Å². The van der Waals surface area contributed by atoms with Crippen LogP contribution < -0.4 is 10.1 Å². The third kappa shape index (κ3) is 9.33. The Morgan fingerprint density at radius 2 is 1.44 bits per heavy atom. The Balaban J connectivity index is 1.46. The highest BCUT2D eigenvalue weighted by atomic mass is 35.5. The molecule has 0 atom stereocenters. The van der Waals surface area contributed by atoms with Gasteiger partial charge in [0, 0.05) is 35.7 Å². The zero-order valence-corrected chi connectivity index (χ0v) is 25.8. The van der Waals surface area contributed by atoms with Crippen LogP contribution in [0.3, 0.4) is 0 Å². The molecule has 4 rings (SSSR count). The van der Waals surface area contributed by atoms with Gasteiger partial charge in [0.2, 0.25) is 0 Å². The quantitative estimate of drug-likeness (QED) is 0.154. The number of rotatable bonds is 12. The van der Waals surface area contributed by atoms with Gasteiger partial charge in [-0.2, -0.15) is 0 Å². The number of nitrogens with one attached hydrogen (secondary N) is 1. The number of esters is 1. The number of carbonyl (C=O) groups is 2. The number of halogens is 4. The van der Waals surface area contributed by atoms with Crippen LogP contribution in [0, 0.1) is 17.5 Å². The highest BCUT2D eigenvalue weighted by Crippen LogP contribution is 2.29. The Morgan fingerprint density at radius 3 is 2.13 bits per heavy atom. The average Bonchev–Trinajstić information content (AvgIpc) is 2.97. The summed E-state index contributed by atoms with van der Waals surface area (Å²) in [4.78, 5) is 25.5. The Labute approximate surface area is 264 Å². The first-order valence-corrected chi connectivity index (χ1v) is 14.6. The molecule has 0 aliphatic rings. The summed E-state index contributed by atoms with van der Waals surface area (Å²) in [6, 6.07) is 17.2. The predicted octanol–water partition coefficient (Wildman–Crippen LogP) is 7.72. The number of ketones is 1. The Hall–Kier alpha value is -4.34. The molecule has 4 aromatic carbocycles. The summed E-state index contributed by atoms with van der Waals surface area (Å²) in [5, 5.41) is 12.5. The molecule has 0 bridgehead atoms. The van der Waals surface area contributed by atoms with Crippen LogP contribution in [0.15, 0.2) is 72.8 Å². The number of hydrogen-bond acceptors (Lipinski definition) is 6. The first kappa shape index (κ1) is 33.6. The number of carbonyl (C=O) groups excluding carboxylic acids is 2. The van der Waals surface area contributed by atoms with Crippen LogP contribution in [0.2, 0.25) is 5.02 Å². The van der Waals surface area contributed by atoms with Crippen molar-refractivity contribution in [3.05, 3.63) is 118 Å². The van der Waals surface area contributed by atoms with E-state index in [9.17, 15) is 23.5 Å². The van der Waals surface area contributed by atoms with Gasteiger partial charge < -0.3 is 19.9 Å². The van der Waals surface area contributed by atoms with Gasteiger partial charge in [-0.3, -0.25) is 4.79 Å². The monoisotopic (exact) mass is 639 g/mol. The lowest BCUT2D eigenvalue weighted by Crippen LogP contribution is -2.24. The zero-order chi connectivity index (χ0) is 32.7. The summed E-state index contributed by atoms with van der Waals surface area (Å²) in [5.74, 6) is -2.79. The van der Waals surface area contributed by atoms with Crippen molar-refractivity contribution < 1.29 is 37.3 Å². The van der Waals surface area contributed by atoms with Crippen LogP contribution in [-0.4, -0.2) is 35.6 Å². The molecule has 0 unspecified atom stereocenters. The van der Waals surface area contributed by atoms with Crippen molar-refractivity contribution in [3.8, 4) is 16.9 Å². The van der Waals surface area contributed by atoms with Crippen LogP contribution >= 0.6 is 11.6 Å². The molecule has 0 radical (unpaired) electrons. The van der Waals surface area contributed by atoms with Crippen molar-refractivity contribution in [1.29, 1.82) is 0 Å². The second-order valence-corrected chi connectivity index (χ2v) is 11.8. The van der Waals surface area contributed by atoms with E-state index in [4.69, 9.17) is 21.1 Å². The minimum absolute atomic E-state index is 0.0452. The van der Waals surface area contributed by atoms with E-state index in [0.29, 0.717) is 22.4 Å². The van der Waals surface area contributed by atoms with E-state index < -0.39 is 29.0 Å². The summed E-state index contributed by atoms with van der Waals surface area (Å²) in [5.41, 5.74) is 1.93. The summed E-state index contributed by atoms with van der Waals surface area (Å²) in [6.45, 7) is 5.07. The molecule has 0 aliphatic heterocycles. The largest absolute Gasteiger partial charge is 0.486 e. The predicted molar refractivity (Wildman–Crippen MR) is 167 cm³/mol. The van der Waals surface area contributed by atoms with E-state index in [-0.39, 0.29) is 65.8 Å². The molecule has 4 aromatic rings. The van der Waals surface area contributed by atoms with Crippen LogP contribution in [0.25, 0.3) is 11.1 Å². The lowest BCUT2D eigenvalue weighted by Gasteiger charge is -2.20. The van der Waals surface area contributed by atoms with Crippen LogP contribution in [0.5, 0.6) is 5.75 Å². The third-order valence-corrected chi connectivity index (χ3v) is 6.90. The number of hydrogen-bond donors (Lipinski definition) is 2. The highest BCUT2D eigenvalue weighted by Gasteiger charge is 2.20. The second kappa shape index (κ2) is 14.6. The summed E-state index contributed by atoms with van der Waals surface area (Å²) in [6.07, 6.45) is -0.236. The van der Waals surface area contributed by atoms with Crippen LogP contribution in [0.1, 0.15) is 47.8 Å². The lowest BCUT2D eigenvalue weighted by atomic mass is 9.97. The Kier molecular flexibility index (Phi) is 10.9. The molecule has 0 spiro atoms. The van der Waals surface area contributed by atoms with Gasteiger partial charge in [-0.05, 0) is 85.5 Å². The van der Waals surface area contributed by atoms with Gasteiger partial charge in [-0.15, -0.1) is 0 Å². The maximum atomic E-state index is 15.2. The fourth-order valence-electron chi connectivity index (χ4n) is 4.50. The van der Waals surface area contributed by atoms with Gasteiger partial charge in [-0.1, -0.05) is 41.9 Å². The van der Waals surface area contributed by atoms with Crippen LogP contribution in [0.4, 0.5) is 18.9 Å². The molecule has 6 nitrogen and oxygen atoms in total. The first-order valence-electron chi connectivity index (χ1n) is 14.2. The van der Waals surface area contributed by atoms with E-state index in [2.05, 4.69) is 5.32 Å². The number of ether oxygens (including phenoxy) is 2. The van der Waals surface area contributed by atoms with Gasteiger partial charge >= 0.3 is 5.97 Å². The Morgan fingerprint density at radius 1 is 0.800 bits per heavy atom.